The van der Waals surface area contributed by atoms with Gasteiger partial charge in [0.05, 0.1) is 4.88 Å². The van der Waals surface area contributed by atoms with Crippen LogP contribution in [0.25, 0.3) is 0 Å². The van der Waals surface area contributed by atoms with E-state index in [9.17, 15) is 4.79 Å². The number of rotatable bonds is 4. The Bertz CT molecular complexity index is 571. The van der Waals surface area contributed by atoms with Crippen molar-refractivity contribution in [2.24, 2.45) is 5.92 Å². The molecule has 1 aliphatic rings. The maximum absolute atomic E-state index is 12.2. The monoisotopic (exact) mass is 271 g/mol. The maximum Gasteiger partial charge on any atom is 0.176 e. The Morgan fingerprint density at radius 3 is 2.53 bits per heavy atom. The molecule has 2 aromatic rings. The molecule has 1 heterocycles. The molecule has 3 heteroatoms. The highest BCUT2D eigenvalue weighted by molar-refractivity contribution is 7.12. The second-order valence-electron chi connectivity index (χ2n) is 5.28. The van der Waals surface area contributed by atoms with Crippen LogP contribution >= 0.6 is 11.3 Å². The average Bonchev–Trinajstić information content (AvgIpc) is 3.03. The summed E-state index contributed by atoms with van der Waals surface area (Å²) in [7, 11) is 4.07. The lowest BCUT2D eigenvalue weighted by molar-refractivity contribution is 0.0969. The molecule has 2 unspecified atom stereocenters. The molecule has 98 valence electrons. The topological polar surface area (TPSA) is 20.3 Å². The largest absolute Gasteiger partial charge is 0.378 e. The zero-order valence-electron chi connectivity index (χ0n) is 11.2. The molecule has 0 radical (unpaired) electrons. The van der Waals surface area contributed by atoms with Crippen molar-refractivity contribution >= 4 is 22.8 Å². The smallest absolute Gasteiger partial charge is 0.176 e. The van der Waals surface area contributed by atoms with Gasteiger partial charge in [0, 0.05) is 25.7 Å². The average molecular weight is 271 g/mol. The number of hydrogen-bond donors (Lipinski definition) is 0. The van der Waals surface area contributed by atoms with Crippen LogP contribution in [0.2, 0.25) is 0 Å². The standard InChI is InChI=1S/C16H17NOS/c1-17(2)12-7-5-11(6-8-12)13-10-14(13)16(18)15-4-3-9-19-15/h3-9,13-14H,10H2,1-2H3. The minimum atomic E-state index is 0.198. The zero-order chi connectivity index (χ0) is 13.4. The maximum atomic E-state index is 12.2. The minimum Gasteiger partial charge on any atom is -0.378 e. The van der Waals surface area contributed by atoms with Crippen molar-refractivity contribution in [3.63, 3.8) is 0 Å². The molecule has 3 rings (SSSR count). The molecule has 0 amide bonds. The molecule has 0 N–H and O–H groups in total. The molecule has 2 atom stereocenters. The third-order valence-electron chi connectivity index (χ3n) is 3.73. The number of carbonyl (C=O) groups excluding carboxylic acids is 1. The number of anilines is 1. The van der Waals surface area contributed by atoms with Gasteiger partial charge < -0.3 is 4.90 Å². The lowest BCUT2D eigenvalue weighted by Gasteiger charge is -2.12. The van der Waals surface area contributed by atoms with E-state index in [4.69, 9.17) is 0 Å². The van der Waals surface area contributed by atoms with Crippen LogP contribution in [0.3, 0.4) is 0 Å². The predicted octanol–water partition coefficient (Wildman–Crippen LogP) is 3.80. The van der Waals surface area contributed by atoms with Gasteiger partial charge >= 0.3 is 0 Å². The Morgan fingerprint density at radius 2 is 1.95 bits per heavy atom. The van der Waals surface area contributed by atoms with E-state index in [1.54, 1.807) is 11.3 Å². The summed E-state index contributed by atoms with van der Waals surface area (Å²) in [5.74, 6) is 0.936. The summed E-state index contributed by atoms with van der Waals surface area (Å²) in [5.41, 5.74) is 2.49. The van der Waals surface area contributed by atoms with E-state index in [1.807, 2.05) is 31.6 Å². The summed E-state index contributed by atoms with van der Waals surface area (Å²) in [4.78, 5) is 15.2. The number of benzene rings is 1. The molecule has 2 nitrogen and oxygen atoms in total. The summed E-state index contributed by atoms with van der Waals surface area (Å²) >= 11 is 1.55. The molecule has 1 aliphatic carbocycles. The quantitative estimate of drug-likeness (QED) is 0.788. The van der Waals surface area contributed by atoms with Gasteiger partial charge in [-0.05, 0) is 41.5 Å². The minimum absolute atomic E-state index is 0.198. The van der Waals surface area contributed by atoms with E-state index in [-0.39, 0.29) is 5.92 Å². The van der Waals surface area contributed by atoms with Crippen molar-refractivity contribution < 1.29 is 4.79 Å². The lowest BCUT2D eigenvalue weighted by Crippen LogP contribution is -2.08. The number of carbonyl (C=O) groups is 1. The van der Waals surface area contributed by atoms with Gasteiger partial charge in [0.2, 0.25) is 0 Å². The van der Waals surface area contributed by atoms with Crippen molar-refractivity contribution in [3.05, 3.63) is 52.2 Å². The van der Waals surface area contributed by atoms with E-state index in [0.29, 0.717) is 11.7 Å². The van der Waals surface area contributed by atoms with Crippen LogP contribution < -0.4 is 4.90 Å². The summed E-state index contributed by atoms with van der Waals surface area (Å²) in [6.07, 6.45) is 0.998. The van der Waals surface area contributed by atoms with Gasteiger partial charge in [-0.2, -0.15) is 0 Å². The van der Waals surface area contributed by atoms with Crippen LogP contribution in [-0.4, -0.2) is 19.9 Å². The molecule has 1 fully saturated rings. The fourth-order valence-corrected chi connectivity index (χ4v) is 3.20. The fourth-order valence-electron chi connectivity index (χ4n) is 2.47. The Hall–Kier alpha value is -1.61. The number of Topliss-reactive ketones (excluding diaryl/α,β-unsaturated/α-hetero) is 1. The SMILES string of the molecule is CN(C)c1ccc(C2CC2C(=O)c2cccs2)cc1. The Balaban J connectivity index is 1.71. The van der Waals surface area contributed by atoms with Gasteiger partial charge in [-0.1, -0.05) is 18.2 Å². The van der Waals surface area contributed by atoms with Gasteiger partial charge in [-0.15, -0.1) is 11.3 Å². The third-order valence-corrected chi connectivity index (χ3v) is 4.61. The first kappa shape index (κ1) is 12.4. The summed E-state index contributed by atoms with van der Waals surface area (Å²) in [6, 6.07) is 12.4. The summed E-state index contributed by atoms with van der Waals surface area (Å²) in [5, 5.41) is 1.97. The molecular formula is C16H17NOS. The first-order chi connectivity index (χ1) is 9.16. The number of nitrogens with zero attached hydrogens (tertiary/aromatic N) is 1. The zero-order valence-corrected chi connectivity index (χ0v) is 12.0. The van der Waals surface area contributed by atoms with E-state index >= 15 is 0 Å². The molecule has 0 spiro atoms. The van der Waals surface area contributed by atoms with E-state index in [1.165, 1.54) is 11.3 Å². The van der Waals surface area contributed by atoms with Crippen LogP contribution in [0.4, 0.5) is 5.69 Å². The Kier molecular flexibility index (Phi) is 3.15. The normalized spacial score (nSPS) is 21.2. The van der Waals surface area contributed by atoms with Crippen molar-refractivity contribution in [1.29, 1.82) is 0 Å². The first-order valence-electron chi connectivity index (χ1n) is 6.52. The molecule has 0 bridgehead atoms. The second-order valence-corrected chi connectivity index (χ2v) is 6.22. The predicted molar refractivity (Wildman–Crippen MR) is 80.3 cm³/mol. The van der Waals surface area contributed by atoms with Crippen LogP contribution in [0.5, 0.6) is 0 Å². The second kappa shape index (κ2) is 4.82. The third kappa shape index (κ3) is 2.43. The van der Waals surface area contributed by atoms with Crippen LogP contribution in [0.15, 0.2) is 41.8 Å². The highest BCUT2D eigenvalue weighted by atomic mass is 32.1. The molecule has 1 aromatic heterocycles. The van der Waals surface area contributed by atoms with Crippen molar-refractivity contribution in [2.75, 3.05) is 19.0 Å². The molecule has 0 aliphatic heterocycles. The number of ketones is 1. The van der Waals surface area contributed by atoms with Crippen LogP contribution in [0.1, 0.15) is 27.6 Å². The molecule has 1 saturated carbocycles. The Labute approximate surface area is 117 Å². The van der Waals surface area contributed by atoms with Gasteiger partial charge in [0.1, 0.15) is 0 Å². The molecule has 19 heavy (non-hydrogen) atoms. The van der Waals surface area contributed by atoms with E-state index in [2.05, 4.69) is 29.2 Å². The summed E-state index contributed by atoms with van der Waals surface area (Å²) in [6.45, 7) is 0. The lowest BCUT2D eigenvalue weighted by atomic mass is 10.1. The van der Waals surface area contributed by atoms with Crippen molar-refractivity contribution in [1.82, 2.24) is 0 Å². The number of thiophene rings is 1. The van der Waals surface area contributed by atoms with Gasteiger partial charge in [-0.3, -0.25) is 4.79 Å². The Morgan fingerprint density at radius 1 is 1.21 bits per heavy atom. The van der Waals surface area contributed by atoms with Crippen LogP contribution in [-0.2, 0) is 0 Å². The number of hydrogen-bond acceptors (Lipinski definition) is 3. The molecular weight excluding hydrogens is 254 g/mol. The first-order valence-corrected chi connectivity index (χ1v) is 7.40. The summed E-state index contributed by atoms with van der Waals surface area (Å²) < 4.78 is 0. The molecule has 0 saturated heterocycles. The highest BCUT2D eigenvalue weighted by Gasteiger charge is 2.44. The van der Waals surface area contributed by atoms with Crippen molar-refractivity contribution in [3.8, 4) is 0 Å². The fraction of sp³-hybridized carbons (Fsp3) is 0.312. The van der Waals surface area contributed by atoms with Gasteiger partial charge in [0.25, 0.3) is 0 Å². The molecule has 1 aromatic carbocycles. The van der Waals surface area contributed by atoms with Gasteiger partial charge in [-0.25, -0.2) is 0 Å². The van der Waals surface area contributed by atoms with Crippen molar-refractivity contribution in [2.45, 2.75) is 12.3 Å². The van der Waals surface area contributed by atoms with E-state index < -0.39 is 0 Å². The van der Waals surface area contributed by atoms with E-state index in [0.717, 1.165) is 11.3 Å². The highest BCUT2D eigenvalue weighted by Crippen LogP contribution is 2.49. The van der Waals surface area contributed by atoms with Crippen LogP contribution in [0, 0.1) is 5.92 Å². The van der Waals surface area contributed by atoms with Gasteiger partial charge in [0.15, 0.2) is 5.78 Å².